The lowest BCUT2D eigenvalue weighted by Gasteiger charge is -2.07. The second kappa shape index (κ2) is 7.15. The van der Waals surface area contributed by atoms with Gasteiger partial charge in [-0.2, -0.15) is 5.10 Å². The minimum Gasteiger partial charge on any atom is -0.397 e. The van der Waals surface area contributed by atoms with E-state index in [2.05, 4.69) is 21.5 Å². The maximum atomic E-state index is 12.6. The molecule has 0 aliphatic rings. The van der Waals surface area contributed by atoms with Gasteiger partial charge in [-0.25, -0.2) is 0 Å². The van der Waals surface area contributed by atoms with Crippen molar-refractivity contribution in [3.8, 4) is 0 Å². The lowest BCUT2D eigenvalue weighted by atomic mass is 10.1. The molecule has 0 saturated heterocycles. The van der Waals surface area contributed by atoms with E-state index in [0.29, 0.717) is 23.5 Å². The Morgan fingerprint density at radius 3 is 2.71 bits per heavy atom. The normalized spacial score (nSPS) is 10.9. The third kappa shape index (κ3) is 3.57. The fourth-order valence-corrected chi connectivity index (χ4v) is 3.16. The summed E-state index contributed by atoms with van der Waals surface area (Å²) in [6, 6.07) is 16.7. The van der Waals surface area contributed by atoms with E-state index in [-0.39, 0.29) is 5.91 Å². The highest BCUT2D eigenvalue weighted by Crippen LogP contribution is 2.20. The Labute approximate surface area is 163 Å². The summed E-state index contributed by atoms with van der Waals surface area (Å²) in [6.45, 7) is 4.62. The second-order valence-electron chi connectivity index (χ2n) is 6.84. The van der Waals surface area contributed by atoms with Crippen molar-refractivity contribution in [3.63, 3.8) is 0 Å². The van der Waals surface area contributed by atoms with E-state index in [0.717, 1.165) is 27.9 Å². The first-order valence-electron chi connectivity index (χ1n) is 9.06. The molecule has 0 aliphatic heterocycles. The van der Waals surface area contributed by atoms with Crippen molar-refractivity contribution in [1.82, 2.24) is 14.8 Å². The van der Waals surface area contributed by atoms with Crippen LogP contribution in [0.4, 0.5) is 11.4 Å². The monoisotopic (exact) mass is 371 g/mol. The van der Waals surface area contributed by atoms with Crippen LogP contribution in [0.1, 0.15) is 27.3 Å². The molecule has 0 spiro atoms. The topological polar surface area (TPSA) is 85.8 Å². The number of anilines is 2. The molecule has 0 fully saturated rings. The van der Waals surface area contributed by atoms with Crippen molar-refractivity contribution >= 4 is 28.2 Å². The van der Waals surface area contributed by atoms with Crippen LogP contribution in [0.3, 0.4) is 0 Å². The van der Waals surface area contributed by atoms with Crippen molar-refractivity contribution < 1.29 is 4.79 Å². The van der Waals surface area contributed by atoms with Crippen molar-refractivity contribution in [1.29, 1.82) is 0 Å². The van der Waals surface area contributed by atoms with Gasteiger partial charge >= 0.3 is 0 Å². The molecule has 6 heteroatoms. The Kier molecular flexibility index (Phi) is 4.53. The minimum atomic E-state index is -0.203. The molecular weight excluding hydrogens is 350 g/mol. The van der Waals surface area contributed by atoms with Crippen molar-refractivity contribution in [3.05, 3.63) is 83.3 Å². The summed E-state index contributed by atoms with van der Waals surface area (Å²) < 4.78 is 1.88. The smallest absolute Gasteiger partial charge is 0.255 e. The van der Waals surface area contributed by atoms with Gasteiger partial charge in [0.25, 0.3) is 5.91 Å². The zero-order valence-corrected chi connectivity index (χ0v) is 15.8. The lowest BCUT2D eigenvalue weighted by molar-refractivity contribution is 0.102. The Balaban J connectivity index is 1.57. The van der Waals surface area contributed by atoms with E-state index < -0.39 is 0 Å². The standard InChI is InChI=1S/C22H21N5O/c1-14-7-8-17(15(2)24-14)12-27-13-18-11-16(9-10-20(18)26-27)22(28)25-21-6-4-3-5-19(21)23/h3-11,13H,12,23H2,1-2H3,(H,25,28). The Hall–Kier alpha value is -3.67. The number of nitrogens with zero attached hydrogens (tertiary/aromatic N) is 3. The number of hydrogen-bond acceptors (Lipinski definition) is 4. The summed E-state index contributed by atoms with van der Waals surface area (Å²) in [7, 11) is 0. The van der Waals surface area contributed by atoms with Crippen LogP contribution in [0, 0.1) is 13.8 Å². The molecule has 4 rings (SSSR count). The quantitative estimate of drug-likeness (QED) is 0.532. The molecule has 0 bridgehead atoms. The molecular formula is C22H21N5O. The SMILES string of the molecule is Cc1ccc(Cn2cc3cc(C(=O)Nc4ccccc4N)ccc3n2)c(C)n1. The predicted octanol–water partition coefficient (Wildman–Crippen LogP) is 3.93. The number of aromatic nitrogens is 3. The van der Waals surface area contributed by atoms with Gasteiger partial charge in [-0.05, 0) is 55.8 Å². The third-order valence-electron chi connectivity index (χ3n) is 4.69. The summed E-state index contributed by atoms with van der Waals surface area (Å²) >= 11 is 0. The van der Waals surface area contributed by atoms with E-state index in [9.17, 15) is 4.79 Å². The molecule has 2 aromatic carbocycles. The van der Waals surface area contributed by atoms with Crippen LogP contribution in [-0.4, -0.2) is 20.7 Å². The molecule has 1 amide bonds. The van der Waals surface area contributed by atoms with Gasteiger partial charge in [-0.15, -0.1) is 0 Å². The number of carbonyl (C=O) groups is 1. The highest BCUT2D eigenvalue weighted by molar-refractivity contribution is 6.07. The number of amides is 1. The number of hydrogen-bond donors (Lipinski definition) is 2. The average molecular weight is 371 g/mol. The number of rotatable bonds is 4. The molecule has 28 heavy (non-hydrogen) atoms. The fourth-order valence-electron chi connectivity index (χ4n) is 3.16. The summed E-state index contributed by atoms with van der Waals surface area (Å²) in [5.74, 6) is -0.203. The number of carbonyl (C=O) groups excluding carboxylic acids is 1. The van der Waals surface area contributed by atoms with Crippen molar-refractivity contribution in [2.75, 3.05) is 11.1 Å². The minimum absolute atomic E-state index is 0.203. The Morgan fingerprint density at radius 1 is 1.11 bits per heavy atom. The van der Waals surface area contributed by atoms with Crippen molar-refractivity contribution in [2.24, 2.45) is 0 Å². The van der Waals surface area contributed by atoms with Gasteiger partial charge in [0.05, 0.1) is 23.4 Å². The van der Waals surface area contributed by atoms with Gasteiger partial charge < -0.3 is 11.1 Å². The van der Waals surface area contributed by atoms with Gasteiger partial charge in [0, 0.05) is 28.5 Å². The van der Waals surface area contributed by atoms with E-state index in [4.69, 9.17) is 5.73 Å². The van der Waals surface area contributed by atoms with Crippen LogP contribution in [0.15, 0.2) is 60.8 Å². The average Bonchev–Trinajstić information content (AvgIpc) is 3.07. The fraction of sp³-hybridized carbons (Fsp3) is 0.136. The number of para-hydroxylation sites is 2. The molecule has 3 N–H and O–H groups in total. The second-order valence-corrected chi connectivity index (χ2v) is 6.84. The first-order chi connectivity index (χ1) is 13.5. The van der Waals surface area contributed by atoms with E-state index >= 15 is 0 Å². The molecule has 0 unspecified atom stereocenters. The van der Waals surface area contributed by atoms with E-state index in [1.807, 2.05) is 55.1 Å². The molecule has 4 aromatic rings. The van der Waals surface area contributed by atoms with Crippen LogP contribution in [0.25, 0.3) is 10.9 Å². The molecule has 6 nitrogen and oxygen atoms in total. The van der Waals surface area contributed by atoms with Crippen LogP contribution in [-0.2, 0) is 6.54 Å². The van der Waals surface area contributed by atoms with Crippen molar-refractivity contribution in [2.45, 2.75) is 20.4 Å². The molecule has 2 aromatic heterocycles. The maximum absolute atomic E-state index is 12.6. The summed E-state index contributed by atoms with van der Waals surface area (Å²) in [5, 5.41) is 8.37. The molecule has 140 valence electrons. The zero-order valence-electron chi connectivity index (χ0n) is 15.8. The lowest BCUT2D eigenvalue weighted by Crippen LogP contribution is -2.12. The van der Waals surface area contributed by atoms with Crippen LogP contribution in [0.5, 0.6) is 0 Å². The molecule has 2 heterocycles. The molecule has 0 atom stereocenters. The van der Waals surface area contributed by atoms with Crippen LogP contribution >= 0.6 is 0 Å². The van der Waals surface area contributed by atoms with Gasteiger partial charge in [-0.1, -0.05) is 18.2 Å². The summed E-state index contributed by atoms with van der Waals surface area (Å²) in [4.78, 5) is 17.1. The molecule has 0 aliphatic carbocycles. The number of nitrogen functional groups attached to an aromatic ring is 1. The maximum Gasteiger partial charge on any atom is 0.255 e. The number of benzene rings is 2. The van der Waals surface area contributed by atoms with Crippen LogP contribution < -0.4 is 11.1 Å². The van der Waals surface area contributed by atoms with Gasteiger partial charge in [-0.3, -0.25) is 14.5 Å². The molecule has 0 radical (unpaired) electrons. The van der Waals surface area contributed by atoms with Gasteiger partial charge in [0.2, 0.25) is 0 Å². The largest absolute Gasteiger partial charge is 0.397 e. The number of aryl methyl sites for hydroxylation is 2. The van der Waals surface area contributed by atoms with E-state index in [1.54, 1.807) is 18.2 Å². The summed E-state index contributed by atoms with van der Waals surface area (Å²) in [6.07, 6.45) is 1.95. The summed E-state index contributed by atoms with van der Waals surface area (Å²) in [5.41, 5.74) is 11.6. The number of fused-ring (bicyclic) bond motifs is 1. The number of pyridine rings is 1. The third-order valence-corrected chi connectivity index (χ3v) is 4.69. The zero-order chi connectivity index (χ0) is 19.7. The first-order valence-corrected chi connectivity index (χ1v) is 9.06. The number of nitrogens with two attached hydrogens (primary N) is 1. The van der Waals surface area contributed by atoms with Gasteiger partial charge in [0.1, 0.15) is 0 Å². The highest BCUT2D eigenvalue weighted by atomic mass is 16.1. The van der Waals surface area contributed by atoms with Crippen LogP contribution in [0.2, 0.25) is 0 Å². The highest BCUT2D eigenvalue weighted by Gasteiger charge is 2.11. The molecule has 0 saturated carbocycles. The van der Waals surface area contributed by atoms with Gasteiger partial charge in [0.15, 0.2) is 0 Å². The Bertz CT molecular complexity index is 1180. The van der Waals surface area contributed by atoms with E-state index in [1.165, 1.54) is 0 Å². The number of nitrogens with one attached hydrogen (secondary N) is 1. The first kappa shape index (κ1) is 17.7. The Morgan fingerprint density at radius 2 is 1.93 bits per heavy atom. The predicted molar refractivity (Wildman–Crippen MR) is 111 cm³/mol.